The second-order valence-electron chi connectivity index (χ2n) is 7.19. The molecule has 1 aliphatic heterocycles. The summed E-state index contributed by atoms with van der Waals surface area (Å²) in [4.78, 5) is 28.6. The first-order chi connectivity index (χ1) is 13.6. The van der Waals surface area contributed by atoms with Gasteiger partial charge in [-0.2, -0.15) is 0 Å². The fraction of sp³-hybridized carbons (Fsp3) is 0.350. The Morgan fingerprint density at radius 1 is 1.25 bits per heavy atom. The van der Waals surface area contributed by atoms with Crippen LogP contribution in [0.3, 0.4) is 0 Å². The third-order valence-corrected chi connectivity index (χ3v) is 6.03. The lowest BCUT2D eigenvalue weighted by atomic mass is 10.0. The summed E-state index contributed by atoms with van der Waals surface area (Å²) in [7, 11) is 4.30. The molecule has 28 heavy (non-hydrogen) atoms. The van der Waals surface area contributed by atoms with Gasteiger partial charge in [-0.3, -0.25) is 4.79 Å². The van der Waals surface area contributed by atoms with Crippen LogP contribution in [0.1, 0.15) is 23.3 Å². The van der Waals surface area contributed by atoms with E-state index in [1.807, 2.05) is 12.1 Å². The summed E-state index contributed by atoms with van der Waals surface area (Å²) >= 11 is 1.42. The molecule has 7 nitrogen and oxygen atoms in total. The second kappa shape index (κ2) is 8.12. The van der Waals surface area contributed by atoms with Gasteiger partial charge in [0.2, 0.25) is 0 Å². The monoisotopic (exact) mass is 396 g/mol. The molecule has 3 heterocycles. The lowest BCUT2D eigenvalue weighted by Gasteiger charge is -2.36. The molecule has 8 heteroatoms. The van der Waals surface area contributed by atoms with Gasteiger partial charge < -0.3 is 20.1 Å². The van der Waals surface area contributed by atoms with Crippen LogP contribution in [-0.2, 0) is 0 Å². The van der Waals surface area contributed by atoms with E-state index in [4.69, 9.17) is 0 Å². The molecule has 0 unspecified atom stereocenters. The van der Waals surface area contributed by atoms with Crippen LogP contribution in [0.15, 0.2) is 42.2 Å². The van der Waals surface area contributed by atoms with Crippen molar-refractivity contribution in [2.24, 2.45) is 0 Å². The topological polar surface area (TPSA) is 77.1 Å². The van der Waals surface area contributed by atoms with Crippen molar-refractivity contribution in [1.29, 1.82) is 0 Å². The summed E-state index contributed by atoms with van der Waals surface area (Å²) in [6, 6.07) is 8.71. The number of imidazole rings is 1. The second-order valence-corrected chi connectivity index (χ2v) is 8.04. The molecule has 1 saturated heterocycles. The Balaban J connectivity index is 1.36. The van der Waals surface area contributed by atoms with Gasteiger partial charge >= 0.3 is 0 Å². The van der Waals surface area contributed by atoms with E-state index < -0.39 is 0 Å². The number of aromatic amines is 1. The minimum atomic E-state index is -0.207. The number of hydrogen-bond acceptors (Lipinski definition) is 6. The third-order valence-electron chi connectivity index (χ3n) is 5.15. The number of thiazole rings is 1. The standard InChI is InChI=1S/C20H24N6OS/c1-25(2)15-7-9-26(10-8-15)16-5-3-14(4-6-16)23-19(27)18-12-28-20(24-18)17-11-21-13-22-17/h3-6,11-13,15H,7-10H2,1-2H3,(H,21,22)(H,23,27). The largest absolute Gasteiger partial charge is 0.371 e. The number of nitrogens with zero attached hydrogens (tertiary/aromatic N) is 4. The number of amides is 1. The summed E-state index contributed by atoms with van der Waals surface area (Å²) in [6.07, 6.45) is 5.64. The summed E-state index contributed by atoms with van der Waals surface area (Å²) in [5.74, 6) is -0.207. The predicted molar refractivity (Wildman–Crippen MR) is 113 cm³/mol. The molecular formula is C20H24N6OS. The molecule has 4 rings (SSSR count). The van der Waals surface area contributed by atoms with E-state index in [1.54, 1.807) is 17.9 Å². The van der Waals surface area contributed by atoms with Crippen molar-refractivity contribution in [1.82, 2.24) is 19.9 Å². The molecule has 1 aromatic carbocycles. The highest BCUT2D eigenvalue weighted by atomic mass is 32.1. The first kappa shape index (κ1) is 18.6. The summed E-state index contributed by atoms with van der Waals surface area (Å²) < 4.78 is 0. The summed E-state index contributed by atoms with van der Waals surface area (Å²) in [5.41, 5.74) is 3.19. The van der Waals surface area contributed by atoms with Crippen molar-refractivity contribution >= 4 is 28.6 Å². The minimum Gasteiger partial charge on any atom is -0.371 e. The van der Waals surface area contributed by atoms with E-state index in [1.165, 1.54) is 29.9 Å². The molecule has 146 valence electrons. The molecule has 2 N–H and O–H groups in total. The number of rotatable bonds is 5. The van der Waals surface area contributed by atoms with Gasteiger partial charge in [0.15, 0.2) is 0 Å². The smallest absolute Gasteiger partial charge is 0.275 e. The highest BCUT2D eigenvalue weighted by Crippen LogP contribution is 2.24. The number of nitrogens with one attached hydrogen (secondary N) is 2. The Morgan fingerprint density at radius 2 is 2.00 bits per heavy atom. The molecule has 0 atom stereocenters. The van der Waals surface area contributed by atoms with E-state index >= 15 is 0 Å². The Labute approximate surface area is 168 Å². The van der Waals surface area contributed by atoms with Crippen molar-refractivity contribution < 1.29 is 4.79 Å². The number of aromatic nitrogens is 3. The van der Waals surface area contributed by atoms with Crippen LogP contribution in [0, 0.1) is 0 Å². The van der Waals surface area contributed by atoms with E-state index in [9.17, 15) is 4.79 Å². The van der Waals surface area contributed by atoms with Crippen LogP contribution in [0.25, 0.3) is 10.7 Å². The maximum Gasteiger partial charge on any atom is 0.275 e. The van der Waals surface area contributed by atoms with Crippen molar-refractivity contribution in [3.8, 4) is 10.7 Å². The number of carbonyl (C=O) groups excluding carboxylic acids is 1. The molecular weight excluding hydrogens is 372 g/mol. The molecule has 0 bridgehead atoms. The van der Waals surface area contributed by atoms with E-state index in [0.717, 1.165) is 29.5 Å². The number of carbonyl (C=O) groups is 1. The van der Waals surface area contributed by atoms with Gasteiger partial charge in [0, 0.05) is 35.9 Å². The van der Waals surface area contributed by atoms with Crippen molar-refractivity contribution in [2.75, 3.05) is 37.4 Å². The van der Waals surface area contributed by atoms with Gasteiger partial charge in [-0.1, -0.05) is 0 Å². The lowest BCUT2D eigenvalue weighted by molar-refractivity contribution is 0.102. The first-order valence-corrected chi connectivity index (χ1v) is 10.2. The van der Waals surface area contributed by atoms with Crippen molar-refractivity contribution in [2.45, 2.75) is 18.9 Å². The zero-order chi connectivity index (χ0) is 19.5. The molecule has 3 aromatic rings. The maximum atomic E-state index is 12.5. The maximum absolute atomic E-state index is 12.5. The molecule has 0 spiro atoms. The van der Waals surface area contributed by atoms with Crippen LogP contribution in [0.5, 0.6) is 0 Å². The van der Waals surface area contributed by atoms with Crippen LogP contribution in [0.2, 0.25) is 0 Å². The number of H-pyrrole nitrogens is 1. The number of piperidine rings is 1. The van der Waals surface area contributed by atoms with Gasteiger partial charge in [0.05, 0.1) is 18.2 Å². The Morgan fingerprint density at radius 3 is 2.64 bits per heavy atom. The Kier molecular flexibility index (Phi) is 5.40. The fourth-order valence-corrected chi connectivity index (χ4v) is 4.24. The van der Waals surface area contributed by atoms with Crippen LogP contribution in [0.4, 0.5) is 11.4 Å². The quantitative estimate of drug-likeness (QED) is 0.692. The van der Waals surface area contributed by atoms with Crippen molar-refractivity contribution in [3.05, 3.63) is 47.9 Å². The van der Waals surface area contributed by atoms with Crippen LogP contribution < -0.4 is 10.2 Å². The number of benzene rings is 1. The zero-order valence-electron chi connectivity index (χ0n) is 16.1. The van der Waals surface area contributed by atoms with Crippen LogP contribution >= 0.6 is 11.3 Å². The minimum absolute atomic E-state index is 0.207. The highest BCUT2D eigenvalue weighted by Gasteiger charge is 2.20. The van der Waals surface area contributed by atoms with Gasteiger partial charge in [-0.25, -0.2) is 9.97 Å². The Hall–Kier alpha value is -2.71. The Bertz CT molecular complexity index is 911. The third kappa shape index (κ3) is 4.07. The fourth-order valence-electron chi connectivity index (χ4n) is 3.47. The lowest BCUT2D eigenvalue weighted by Crippen LogP contribution is -2.41. The summed E-state index contributed by atoms with van der Waals surface area (Å²) in [6.45, 7) is 2.12. The zero-order valence-corrected chi connectivity index (χ0v) is 16.9. The summed E-state index contributed by atoms with van der Waals surface area (Å²) in [5, 5.41) is 5.43. The van der Waals surface area contributed by atoms with Gasteiger partial charge in [0.1, 0.15) is 10.7 Å². The molecule has 2 aromatic heterocycles. The molecule has 1 fully saturated rings. The average Bonchev–Trinajstić information content (AvgIpc) is 3.40. The number of hydrogen-bond donors (Lipinski definition) is 2. The SMILES string of the molecule is CN(C)C1CCN(c2ccc(NC(=O)c3csc(-c4cnc[nH]4)n3)cc2)CC1. The molecule has 1 amide bonds. The van der Waals surface area contributed by atoms with Crippen LogP contribution in [-0.4, -0.2) is 59.0 Å². The van der Waals surface area contributed by atoms with E-state index in [2.05, 4.69) is 56.3 Å². The van der Waals surface area contributed by atoms with E-state index in [-0.39, 0.29) is 5.91 Å². The van der Waals surface area contributed by atoms with Gasteiger partial charge in [-0.15, -0.1) is 11.3 Å². The van der Waals surface area contributed by atoms with Gasteiger partial charge in [-0.05, 0) is 51.2 Å². The predicted octanol–water partition coefficient (Wildman–Crippen LogP) is 3.32. The molecule has 0 saturated carbocycles. The molecule has 0 aliphatic carbocycles. The highest BCUT2D eigenvalue weighted by molar-refractivity contribution is 7.13. The normalized spacial score (nSPS) is 15.2. The first-order valence-electron chi connectivity index (χ1n) is 9.37. The molecule has 1 aliphatic rings. The average molecular weight is 397 g/mol. The van der Waals surface area contributed by atoms with E-state index in [0.29, 0.717) is 11.7 Å². The van der Waals surface area contributed by atoms with Crippen molar-refractivity contribution in [3.63, 3.8) is 0 Å². The molecule has 0 radical (unpaired) electrons. The number of anilines is 2. The van der Waals surface area contributed by atoms with Gasteiger partial charge in [0.25, 0.3) is 5.91 Å².